The van der Waals surface area contributed by atoms with E-state index in [4.69, 9.17) is 4.74 Å². The Labute approximate surface area is 148 Å². The fourth-order valence-electron chi connectivity index (χ4n) is 2.51. The van der Waals surface area contributed by atoms with Gasteiger partial charge in [-0.05, 0) is 18.9 Å². The highest BCUT2D eigenvalue weighted by atomic mass is 32.1. The van der Waals surface area contributed by atoms with Crippen LogP contribution in [0.15, 0.2) is 30.3 Å². The molecule has 0 fully saturated rings. The number of carbonyl (C=O) groups excluding carboxylic acids is 1. The number of amides is 1. The van der Waals surface area contributed by atoms with E-state index in [0.29, 0.717) is 13.2 Å². The molecule has 1 aromatic heterocycles. The zero-order valence-corrected chi connectivity index (χ0v) is 15.6. The first-order valence-electron chi connectivity index (χ1n) is 8.44. The molecule has 0 bridgehead atoms. The van der Waals surface area contributed by atoms with Crippen LogP contribution in [0.1, 0.15) is 45.7 Å². The predicted molar refractivity (Wildman–Crippen MR) is 98.8 cm³/mol. The average Bonchev–Trinajstić information content (AvgIpc) is 2.95. The molecule has 1 heterocycles. The number of rotatable bonds is 9. The van der Waals surface area contributed by atoms with Crippen LogP contribution in [0.3, 0.4) is 0 Å². The van der Waals surface area contributed by atoms with Gasteiger partial charge in [0.1, 0.15) is 4.88 Å². The van der Waals surface area contributed by atoms with E-state index in [2.05, 4.69) is 24.0 Å². The molecule has 1 aromatic carbocycles. The summed E-state index contributed by atoms with van der Waals surface area (Å²) in [6.07, 6.45) is 2.84. The second-order valence-electron chi connectivity index (χ2n) is 5.82. The maximum Gasteiger partial charge on any atom is 0.265 e. The Morgan fingerprint density at radius 3 is 2.67 bits per heavy atom. The molecule has 0 spiro atoms. The van der Waals surface area contributed by atoms with Crippen molar-refractivity contribution in [2.45, 2.75) is 33.1 Å². The zero-order chi connectivity index (χ0) is 17.4. The summed E-state index contributed by atoms with van der Waals surface area (Å²) < 4.78 is 5.15. The Bertz CT molecular complexity index is 632. The summed E-state index contributed by atoms with van der Waals surface area (Å²) in [5.41, 5.74) is 2.04. The third-order valence-electron chi connectivity index (χ3n) is 3.87. The Balaban J connectivity index is 2.12. The molecule has 0 saturated heterocycles. The van der Waals surface area contributed by atoms with Crippen molar-refractivity contribution in [1.82, 2.24) is 9.88 Å². The number of carbonyl (C=O) groups is 1. The van der Waals surface area contributed by atoms with Crippen LogP contribution in [0, 0.1) is 6.92 Å². The number of unbranched alkanes of at least 4 members (excludes halogenated alkanes) is 1. The molecule has 0 aliphatic heterocycles. The number of methoxy groups -OCH3 is 1. The van der Waals surface area contributed by atoms with Crippen LogP contribution < -0.4 is 0 Å². The smallest absolute Gasteiger partial charge is 0.265 e. The number of aryl methyl sites for hydroxylation is 1. The van der Waals surface area contributed by atoms with Gasteiger partial charge in [-0.2, -0.15) is 0 Å². The van der Waals surface area contributed by atoms with Crippen molar-refractivity contribution < 1.29 is 9.53 Å². The Hall–Kier alpha value is -1.72. The van der Waals surface area contributed by atoms with Crippen molar-refractivity contribution >= 4 is 17.2 Å². The van der Waals surface area contributed by atoms with Crippen molar-refractivity contribution in [3.63, 3.8) is 0 Å². The van der Waals surface area contributed by atoms with Crippen molar-refractivity contribution in [2.75, 3.05) is 26.8 Å². The van der Waals surface area contributed by atoms with Crippen molar-refractivity contribution in [3.05, 3.63) is 51.5 Å². The van der Waals surface area contributed by atoms with Crippen LogP contribution in [-0.4, -0.2) is 42.6 Å². The molecular weight excluding hydrogens is 320 g/mol. The first-order valence-corrected chi connectivity index (χ1v) is 9.25. The number of hydrogen-bond acceptors (Lipinski definition) is 4. The SMILES string of the molecule is CCCCN(CCOC)C(=O)c1sc(Cc2ccccc2)nc1C. The molecule has 5 heteroatoms. The van der Waals surface area contributed by atoms with Crippen LogP contribution in [0.2, 0.25) is 0 Å². The van der Waals surface area contributed by atoms with Crippen LogP contribution >= 0.6 is 11.3 Å². The van der Waals surface area contributed by atoms with Gasteiger partial charge < -0.3 is 9.64 Å². The van der Waals surface area contributed by atoms with Crippen LogP contribution in [-0.2, 0) is 11.2 Å². The van der Waals surface area contributed by atoms with Crippen molar-refractivity contribution in [1.29, 1.82) is 0 Å². The lowest BCUT2D eigenvalue weighted by Gasteiger charge is -2.21. The van der Waals surface area contributed by atoms with Gasteiger partial charge in [0.05, 0.1) is 17.3 Å². The molecule has 0 saturated carbocycles. The lowest BCUT2D eigenvalue weighted by atomic mass is 10.2. The third kappa shape index (κ3) is 5.14. The summed E-state index contributed by atoms with van der Waals surface area (Å²) in [6, 6.07) is 10.2. The minimum absolute atomic E-state index is 0.0785. The van der Waals surface area contributed by atoms with Gasteiger partial charge in [-0.1, -0.05) is 43.7 Å². The van der Waals surface area contributed by atoms with E-state index in [-0.39, 0.29) is 5.91 Å². The summed E-state index contributed by atoms with van der Waals surface area (Å²) in [6.45, 7) is 6.01. The zero-order valence-electron chi connectivity index (χ0n) is 14.7. The number of ether oxygens (including phenoxy) is 1. The summed E-state index contributed by atoms with van der Waals surface area (Å²) in [7, 11) is 1.67. The van der Waals surface area contributed by atoms with Gasteiger partial charge in [0.25, 0.3) is 5.91 Å². The molecule has 2 aromatic rings. The third-order valence-corrected chi connectivity index (χ3v) is 5.01. The number of thiazole rings is 1. The molecule has 2 rings (SSSR count). The van der Waals surface area contributed by atoms with E-state index < -0.39 is 0 Å². The first-order chi connectivity index (χ1) is 11.7. The number of hydrogen-bond donors (Lipinski definition) is 0. The summed E-state index contributed by atoms with van der Waals surface area (Å²) in [4.78, 5) is 20.1. The monoisotopic (exact) mass is 346 g/mol. The minimum Gasteiger partial charge on any atom is -0.383 e. The topological polar surface area (TPSA) is 42.4 Å². The molecule has 0 N–H and O–H groups in total. The highest BCUT2D eigenvalue weighted by Crippen LogP contribution is 2.22. The van der Waals surface area contributed by atoms with Gasteiger partial charge >= 0.3 is 0 Å². The van der Waals surface area contributed by atoms with Crippen LogP contribution in [0.5, 0.6) is 0 Å². The fourth-order valence-corrected chi connectivity index (χ4v) is 3.57. The fraction of sp³-hybridized carbons (Fsp3) is 0.474. The second-order valence-corrected chi connectivity index (χ2v) is 6.91. The van der Waals surface area contributed by atoms with Gasteiger partial charge in [0.15, 0.2) is 0 Å². The summed E-state index contributed by atoms with van der Waals surface area (Å²) in [5, 5.41) is 0.990. The second kappa shape index (κ2) is 9.55. The molecule has 0 aliphatic carbocycles. The van der Waals surface area contributed by atoms with E-state index in [1.165, 1.54) is 16.9 Å². The Morgan fingerprint density at radius 1 is 1.25 bits per heavy atom. The van der Waals surface area contributed by atoms with Gasteiger partial charge in [-0.15, -0.1) is 11.3 Å². The highest BCUT2D eigenvalue weighted by molar-refractivity contribution is 7.13. The average molecular weight is 346 g/mol. The van der Waals surface area contributed by atoms with Crippen molar-refractivity contribution in [3.8, 4) is 0 Å². The van der Waals surface area contributed by atoms with E-state index >= 15 is 0 Å². The molecular formula is C19H26N2O2S. The minimum atomic E-state index is 0.0785. The molecule has 0 atom stereocenters. The maximum absolute atomic E-state index is 12.9. The van der Waals surface area contributed by atoms with Gasteiger partial charge in [0.2, 0.25) is 0 Å². The van der Waals surface area contributed by atoms with E-state index in [1.54, 1.807) is 7.11 Å². The molecule has 130 valence electrons. The lowest BCUT2D eigenvalue weighted by molar-refractivity contribution is 0.0696. The standard InChI is InChI=1S/C19H26N2O2S/c1-4-5-11-21(12-13-23-3)19(22)18-15(2)20-17(24-18)14-16-9-7-6-8-10-16/h6-10H,4-5,11-14H2,1-3H3. The summed E-state index contributed by atoms with van der Waals surface area (Å²) >= 11 is 1.51. The van der Waals surface area contributed by atoms with E-state index in [1.807, 2.05) is 30.0 Å². The predicted octanol–water partition coefficient (Wildman–Crippen LogP) is 3.93. The molecule has 1 amide bonds. The van der Waals surface area contributed by atoms with Gasteiger partial charge in [-0.25, -0.2) is 4.98 Å². The van der Waals surface area contributed by atoms with Gasteiger partial charge in [0, 0.05) is 26.6 Å². The largest absolute Gasteiger partial charge is 0.383 e. The van der Waals surface area contributed by atoms with Crippen LogP contribution in [0.4, 0.5) is 0 Å². The molecule has 0 unspecified atom stereocenters. The Kier molecular flexibility index (Phi) is 7.40. The normalized spacial score (nSPS) is 10.8. The molecule has 4 nitrogen and oxygen atoms in total. The number of nitrogens with zero attached hydrogens (tertiary/aromatic N) is 2. The number of benzene rings is 1. The van der Waals surface area contributed by atoms with Gasteiger partial charge in [-0.3, -0.25) is 4.79 Å². The highest BCUT2D eigenvalue weighted by Gasteiger charge is 2.21. The molecule has 0 aliphatic rings. The maximum atomic E-state index is 12.9. The van der Waals surface area contributed by atoms with E-state index in [9.17, 15) is 4.79 Å². The van der Waals surface area contributed by atoms with Crippen LogP contribution in [0.25, 0.3) is 0 Å². The quantitative estimate of drug-likeness (QED) is 0.691. The summed E-state index contributed by atoms with van der Waals surface area (Å²) in [5.74, 6) is 0.0785. The number of aromatic nitrogens is 1. The Morgan fingerprint density at radius 2 is 2.00 bits per heavy atom. The molecule has 0 radical (unpaired) electrons. The first kappa shape index (κ1) is 18.6. The lowest BCUT2D eigenvalue weighted by Crippen LogP contribution is -2.34. The van der Waals surface area contributed by atoms with E-state index in [0.717, 1.165) is 41.4 Å². The van der Waals surface area contributed by atoms with Crippen molar-refractivity contribution in [2.24, 2.45) is 0 Å². The molecule has 24 heavy (non-hydrogen) atoms.